The monoisotopic (exact) mass is 517 g/mol. The van der Waals surface area contributed by atoms with Crippen LogP contribution in [0, 0.1) is 0 Å². The number of likely N-dealkylation sites (tertiary alicyclic amines) is 1. The summed E-state index contributed by atoms with van der Waals surface area (Å²) in [5, 5.41) is 22.7. The van der Waals surface area contributed by atoms with Gasteiger partial charge >= 0.3 is 0 Å². The Morgan fingerprint density at radius 2 is 1.55 bits per heavy atom. The molecule has 3 aromatic rings. The molecule has 1 unspecified atom stereocenters. The number of aromatic hydroxyl groups is 1. The van der Waals surface area contributed by atoms with Gasteiger partial charge in [0.25, 0.3) is 11.7 Å². The molecule has 0 aliphatic carbocycles. The van der Waals surface area contributed by atoms with Gasteiger partial charge in [0, 0.05) is 5.56 Å². The van der Waals surface area contributed by atoms with E-state index in [4.69, 9.17) is 9.15 Å². The SMILES string of the molecule is COc1ccc(/C(O)=C2\C(=O)C(=O)N(Cc3ccco3)C2c2cc(C(C)(C)C)c(O)c(C(C)(C)C)c2)cc1. The van der Waals surface area contributed by atoms with E-state index >= 15 is 0 Å². The fourth-order valence-corrected chi connectivity index (χ4v) is 4.82. The van der Waals surface area contributed by atoms with Crippen molar-refractivity contribution in [2.45, 2.75) is 65.0 Å². The van der Waals surface area contributed by atoms with Crippen LogP contribution in [0.3, 0.4) is 0 Å². The third kappa shape index (κ3) is 4.93. The third-order valence-corrected chi connectivity index (χ3v) is 6.87. The number of hydrogen-bond acceptors (Lipinski definition) is 6. The lowest BCUT2D eigenvalue weighted by molar-refractivity contribution is -0.140. The Morgan fingerprint density at radius 3 is 2.03 bits per heavy atom. The number of carbonyl (C=O) groups excluding carboxylic acids is 2. The number of phenolic OH excluding ortho intramolecular Hbond substituents is 1. The molecule has 7 heteroatoms. The zero-order valence-electron chi connectivity index (χ0n) is 23.0. The van der Waals surface area contributed by atoms with Crippen LogP contribution >= 0.6 is 0 Å². The molecule has 4 rings (SSSR count). The number of aliphatic hydroxyl groups is 1. The number of carbonyl (C=O) groups is 2. The number of phenols is 1. The van der Waals surface area contributed by atoms with Crippen LogP contribution in [0.15, 0.2) is 64.8 Å². The Hall–Kier alpha value is -4.00. The summed E-state index contributed by atoms with van der Waals surface area (Å²) in [7, 11) is 1.54. The molecule has 2 aromatic carbocycles. The summed E-state index contributed by atoms with van der Waals surface area (Å²) in [6, 6.07) is 12.9. The van der Waals surface area contributed by atoms with Crippen molar-refractivity contribution in [1.29, 1.82) is 0 Å². The van der Waals surface area contributed by atoms with Crippen molar-refractivity contribution in [2.24, 2.45) is 0 Å². The van der Waals surface area contributed by atoms with E-state index in [2.05, 4.69) is 0 Å². The predicted molar refractivity (Wildman–Crippen MR) is 145 cm³/mol. The standard InChI is InChI=1S/C31H35NO6/c1-30(2,3)22-15-19(16-23(27(22)34)31(4,5)6)25-24(26(33)18-10-12-20(37-7)13-11-18)28(35)29(36)32(25)17-21-9-8-14-38-21/h8-16,25,33-34H,17H2,1-7H3/b26-24+. The second-order valence-corrected chi connectivity index (χ2v) is 11.7. The zero-order chi connectivity index (χ0) is 28.0. The molecule has 0 saturated carbocycles. The number of aliphatic hydroxyl groups excluding tert-OH is 1. The van der Waals surface area contributed by atoms with E-state index in [-0.39, 0.29) is 23.6 Å². The molecule has 1 atom stereocenters. The Bertz CT molecular complexity index is 1350. The molecular weight excluding hydrogens is 482 g/mol. The summed E-state index contributed by atoms with van der Waals surface area (Å²) in [6.45, 7) is 12.0. The molecule has 38 heavy (non-hydrogen) atoms. The maximum Gasteiger partial charge on any atom is 0.296 e. The molecule has 2 N–H and O–H groups in total. The van der Waals surface area contributed by atoms with Gasteiger partial charge in [-0.1, -0.05) is 41.5 Å². The lowest BCUT2D eigenvalue weighted by Gasteiger charge is -2.31. The summed E-state index contributed by atoms with van der Waals surface area (Å²) < 4.78 is 10.7. The Morgan fingerprint density at radius 1 is 0.974 bits per heavy atom. The fraction of sp³-hybridized carbons (Fsp3) is 0.355. The summed E-state index contributed by atoms with van der Waals surface area (Å²) in [5.41, 5.74) is 1.51. The van der Waals surface area contributed by atoms with E-state index in [0.717, 1.165) is 0 Å². The number of nitrogens with zero attached hydrogens (tertiary/aromatic N) is 1. The maximum atomic E-state index is 13.5. The minimum Gasteiger partial charge on any atom is -0.507 e. The number of amides is 1. The van der Waals surface area contributed by atoms with Gasteiger partial charge in [0.1, 0.15) is 23.0 Å². The van der Waals surface area contributed by atoms with E-state index < -0.39 is 28.6 Å². The first-order valence-electron chi connectivity index (χ1n) is 12.6. The van der Waals surface area contributed by atoms with Gasteiger partial charge in [-0.25, -0.2) is 0 Å². The molecule has 1 amide bonds. The average molecular weight is 518 g/mol. The van der Waals surface area contributed by atoms with Gasteiger partial charge in [-0.3, -0.25) is 9.59 Å². The third-order valence-electron chi connectivity index (χ3n) is 6.87. The molecule has 0 radical (unpaired) electrons. The van der Waals surface area contributed by atoms with Crippen LogP contribution in [0.2, 0.25) is 0 Å². The number of ketones is 1. The van der Waals surface area contributed by atoms with Gasteiger partial charge in [-0.2, -0.15) is 0 Å². The Labute approximate surface area is 223 Å². The van der Waals surface area contributed by atoms with E-state index in [1.54, 1.807) is 43.5 Å². The van der Waals surface area contributed by atoms with Crippen LogP contribution in [-0.4, -0.2) is 33.9 Å². The number of benzene rings is 2. The fourth-order valence-electron chi connectivity index (χ4n) is 4.82. The summed E-state index contributed by atoms with van der Waals surface area (Å²) in [6.07, 6.45) is 1.51. The number of hydrogen-bond donors (Lipinski definition) is 2. The number of rotatable bonds is 5. The van der Waals surface area contributed by atoms with E-state index in [0.29, 0.717) is 33.8 Å². The topological polar surface area (TPSA) is 100 Å². The number of furan rings is 1. The minimum atomic E-state index is -0.898. The molecule has 2 heterocycles. The lowest BCUT2D eigenvalue weighted by Crippen LogP contribution is -2.29. The van der Waals surface area contributed by atoms with Crippen molar-refractivity contribution >= 4 is 17.4 Å². The lowest BCUT2D eigenvalue weighted by atomic mass is 9.77. The van der Waals surface area contributed by atoms with Crippen LogP contribution in [0.5, 0.6) is 11.5 Å². The van der Waals surface area contributed by atoms with Crippen molar-refractivity contribution in [3.63, 3.8) is 0 Å². The quantitative estimate of drug-likeness (QED) is 0.237. The molecule has 0 bridgehead atoms. The summed E-state index contributed by atoms with van der Waals surface area (Å²) in [4.78, 5) is 28.3. The number of ether oxygens (including phenoxy) is 1. The molecule has 7 nitrogen and oxygen atoms in total. The molecule has 1 aromatic heterocycles. The largest absolute Gasteiger partial charge is 0.507 e. The minimum absolute atomic E-state index is 0.0165. The molecule has 1 aliphatic heterocycles. The molecular formula is C31H35NO6. The molecule has 1 saturated heterocycles. The van der Waals surface area contributed by atoms with Gasteiger partial charge in [0.05, 0.1) is 31.5 Å². The smallest absolute Gasteiger partial charge is 0.296 e. The van der Waals surface area contributed by atoms with Crippen LogP contribution in [0.25, 0.3) is 5.76 Å². The highest BCUT2D eigenvalue weighted by atomic mass is 16.5. The van der Waals surface area contributed by atoms with Gasteiger partial charge in [-0.15, -0.1) is 0 Å². The first-order chi connectivity index (χ1) is 17.7. The molecule has 1 aliphatic rings. The Balaban J connectivity index is 2.00. The van der Waals surface area contributed by atoms with Crippen molar-refractivity contribution in [3.05, 3.63) is 88.4 Å². The van der Waals surface area contributed by atoms with Gasteiger partial charge in [0.2, 0.25) is 0 Å². The first-order valence-corrected chi connectivity index (χ1v) is 12.6. The van der Waals surface area contributed by atoms with Crippen LogP contribution in [0.1, 0.15) is 75.6 Å². The van der Waals surface area contributed by atoms with Crippen molar-refractivity contribution in [3.8, 4) is 11.5 Å². The first kappa shape index (κ1) is 27.0. The van der Waals surface area contributed by atoms with E-state index in [1.165, 1.54) is 11.2 Å². The van der Waals surface area contributed by atoms with Gasteiger partial charge < -0.3 is 24.3 Å². The average Bonchev–Trinajstić information content (AvgIpc) is 3.45. The van der Waals surface area contributed by atoms with Crippen molar-refractivity contribution < 1.29 is 29.0 Å². The second kappa shape index (κ2) is 9.71. The number of Topliss-reactive ketones (excluding diaryl/α,β-unsaturated/α-hetero) is 1. The molecule has 200 valence electrons. The van der Waals surface area contributed by atoms with Crippen LogP contribution < -0.4 is 4.74 Å². The summed E-state index contributed by atoms with van der Waals surface area (Å²) in [5.74, 6) is -0.499. The highest BCUT2D eigenvalue weighted by Gasteiger charge is 2.47. The highest BCUT2D eigenvalue weighted by molar-refractivity contribution is 6.46. The van der Waals surface area contributed by atoms with Gasteiger partial charge in [0.15, 0.2) is 0 Å². The van der Waals surface area contributed by atoms with E-state index in [9.17, 15) is 19.8 Å². The van der Waals surface area contributed by atoms with E-state index in [1.807, 2.05) is 53.7 Å². The maximum absolute atomic E-state index is 13.5. The summed E-state index contributed by atoms with van der Waals surface area (Å²) >= 11 is 0. The highest BCUT2D eigenvalue weighted by Crippen LogP contribution is 2.46. The molecule has 0 spiro atoms. The second-order valence-electron chi connectivity index (χ2n) is 11.7. The zero-order valence-corrected chi connectivity index (χ0v) is 23.0. The molecule has 1 fully saturated rings. The van der Waals surface area contributed by atoms with Crippen LogP contribution in [0.4, 0.5) is 0 Å². The normalized spacial score (nSPS) is 17.8. The Kier molecular flexibility index (Phi) is 6.91. The van der Waals surface area contributed by atoms with Crippen molar-refractivity contribution in [1.82, 2.24) is 4.90 Å². The van der Waals surface area contributed by atoms with Gasteiger partial charge in [-0.05, 0) is 76.1 Å². The van der Waals surface area contributed by atoms with Crippen molar-refractivity contribution in [2.75, 3.05) is 7.11 Å². The van der Waals surface area contributed by atoms with Crippen LogP contribution in [-0.2, 0) is 27.0 Å². The predicted octanol–water partition coefficient (Wildman–Crippen LogP) is 6.21. The number of methoxy groups -OCH3 is 1.